The van der Waals surface area contributed by atoms with Crippen LogP contribution in [-0.2, 0) is 6.61 Å². The molecule has 16 heavy (non-hydrogen) atoms. The van der Waals surface area contributed by atoms with Gasteiger partial charge in [0.15, 0.2) is 0 Å². The minimum Gasteiger partial charge on any atom is -0.497 e. The molecule has 0 radical (unpaired) electrons. The molecule has 1 aromatic heterocycles. The Hall–Kier alpha value is -1.95. The Balaban J connectivity index is 2.45. The monoisotopic (exact) mass is 223 g/mol. The van der Waals surface area contributed by atoms with E-state index in [-0.39, 0.29) is 12.3 Å². The van der Waals surface area contributed by atoms with E-state index < -0.39 is 5.82 Å². The molecule has 84 valence electrons. The second kappa shape index (κ2) is 4.28. The number of hydrogen-bond acceptors (Lipinski definition) is 4. The highest BCUT2D eigenvalue weighted by atomic mass is 19.1. The molecule has 2 rings (SSSR count). The van der Waals surface area contributed by atoms with Gasteiger partial charge in [0, 0.05) is 6.07 Å². The molecule has 0 unspecified atom stereocenters. The molecule has 0 aliphatic carbocycles. The summed E-state index contributed by atoms with van der Waals surface area (Å²) in [6.07, 6.45) is 1.46. The first kappa shape index (κ1) is 10.6. The van der Waals surface area contributed by atoms with Crippen LogP contribution in [0.1, 0.15) is 5.69 Å². The summed E-state index contributed by atoms with van der Waals surface area (Å²) in [5, 5.41) is 16.2. The third-order valence-electron chi connectivity index (χ3n) is 2.10. The van der Waals surface area contributed by atoms with Crippen LogP contribution in [-0.4, -0.2) is 27.2 Å². The van der Waals surface area contributed by atoms with Crippen LogP contribution in [0.25, 0.3) is 5.69 Å². The molecule has 0 amide bonds. The lowest BCUT2D eigenvalue weighted by molar-refractivity contribution is 0.276. The van der Waals surface area contributed by atoms with Crippen LogP contribution < -0.4 is 4.74 Å². The number of rotatable bonds is 3. The van der Waals surface area contributed by atoms with Gasteiger partial charge in [0.05, 0.1) is 19.9 Å². The molecule has 0 bridgehead atoms. The molecule has 0 atom stereocenters. The lowest BCUT2D eigenvalue weighted by Crippen LogP contribution is -1.99. The van der Waals surface area contributed by atoms with Gasteiger partial charge in [0.1, 0.15) is 22.9 Å². The number of halogens is 1. The van der Waals surface area contributed by atoms with Crippen molar-refractivity contribution >= 4 is 0 Å². The summed E-state index contributed by atoms with van der Waals surface area (Å²) < 4.78 is 19.7. The van der Waals surface area contributed by atoms with Crippen molar-refractivity contribution in [2.75, 3.05) is 7.11 Å². The Morgan fingerprint density at radius 3 is 2.94 bits per heavy atom. The van der Waals surface area contributed by atoms with Crippen molar-refractivity contribution in [1.29, 1.82) is 0 Å². The molecule has 0 fully saturated rings. The van der Waals surface area contributed by atoms with E-state index in [1.807, 2.05) is 0 Å². The topological polar surface area (TPSA) is 60.2 Å². The molecule has 2 aromatic rings. The molecule has 0 saturated carbocycles. The number of methoxy groups -OCH3 is 1. The molecule has 1 N–H and O–H groups in total. The van der Waals surface area contributed by atoms with E-state index in [0.717, 1.165) is 0 Å². The summed E-state index contributed by atoms with van der Waals surface area (Å²) in [6.45, 7) is -0.231. The van der Waals surface area contributed by atoms with Crippen molar-refractivity contribution in [3.05, 3.63) is 35.9 Å². The molecular formula is C10H10FN3O2. The van der Waals surface area contributed by atoms with E-state index in [1.54, 1.807) is 0 Å². The average molecular weight is 223 g/mol. The van der Waals surface area contributed by atoms with Crippen molar-refractivity contribution < 1.29 is 14.2 Å². The van der Waals surface area contributed by atoms with Gasteiger partial charge in [0.2, 0.25) is 0 Å². The molecule has 1 heterocycles. The molecule has 0 spiro atoms. The highest BCUT2D eigenvalue weighted by Crippen LogP contribution is 2.19. The summed E-state index contributed by atoms with van der Waals surface area (Å²) in [7, 11) is 1.50. The smallest absolute Gasteiger partial charge is 0.149 e. The maximum Gasteiger partial charge on any atom is 0.149 e. The Kier molecular flexibility index (Phi) is 2.82. The zero-order valence-electron chi connectivity index (χ0n) is 8.59. The molecule has 0 aliphatic heterocycles. The summed E-state index contributed by atoms with van der Waals surface area (Å²) in [5.74, 6) is 0.0904. The van der Waals surface area contributed by atoms with Gasteiger partial charge in [-0.1, -0.05) is 5.21 Å². The van der Waals surface area contributed by atoms with Gasteiger partial charge >= 0.3 is 0 Å². The van der Waals surface area contributed by atoms with Gasteiger partial charge in [-0.15, -0.1) is 5.10 Å². The minimum atomic E-state index is -0.435. The first-order valence-electron chi connectivity index (χ1n) is 4.60. The largest absolute Gasteiger partial charge is 0.497 e. The predicted octanol–water partition coefficient (Wildman–Crippen LogP) is 0.907. The van der Waals surface area contributed by atoms with Gasteiger partial charge < -0.3 is 9.84 Å². The summed E-state index contributed by atoms with van der Waals surface area (Å²) in [5.41, 5.74) is 0.605. The second-order valence-corrected chi connectivity index (χ2v) is 3.13. The van der Waals surface area contributed by atoms with Crippen LogP contribution in [0.4, 0.5) is 4.39 Å². The average Bonchev–Trinajstić information content (AvgIpc) is 2.78. The summed E-state index contributed by atoms with van der Waals surface area (Å²) >= 11 is 0. The van der Waals surface area contributed by atoms with Crippen molar-refractivity contribution in [3.63, 3.8) is 0 Å². The molecule has 0 saturated heterocycles. The number of aliphatic hydroxyl groups excluding tert-OH is 1. The van der Waals surface area contributed by atoms with Crippen LogP contribution in [0.3, 0.4) is 0 Å². The number of hydrogen-bond donors (Lipinski definition) is 1. The summed E-state index contributed by atoms with van der Waals surface area (Å²) in [4.78, 5) is 0. The Bertz CT molecular complexity index is 499. The van der Waals surface area contributed by atoms with Gasteiger partial charge in [-0.3, -0.25) is 0 Å². The highest BCUT2D eigenvalue weighted by molar-refractivity contribution is 5.39. The van der Waals surface area contributed by atoms with Crippen LogP contribution in [0.2, 0.25) is 0 Å². The van der Waals surface area contributed by atoms with E-state index >= 15 is 0 Å². The molecular weight excluding hydrogens is 213 g/mol. The van der Waals surface area contributed by atoms with Crippen molar-refractivity contribution in [3.8, 4) is 11.4 Å². The predicted molar refractivity (Wildman–Crippen MR) is 53.8 cm³/mol. The second-order valence-electron chi connectivity index (χ2n) is 3.13. The van der Waals surface area contributed by atoms with Gasteiger partial charge in [-0.05, 0) is 12.1 Å². The van der Waals surface area contributed by atoms with Crippen LogP contribution in [0.15, 0.2) is 24.4 Å². The fourth-order valence-corrected chi connectivity index (χ4v) is 1.28. The number of aromatic nitrogens is 3. The number of nitrogens with zero attached hydrogens (tertiary/aromatic N) is 3. The zero-order valence-corrected chi connectivity index (χ0v) is 8.59. The molecule has 1 aromatic carbocycles. The third kappa shape index (κ3) is 1.87. The van der Waals surface area contributed by atoms with Crippen molar-refractivity contribution in [1.82, 2.24) is 15.0 Å². The maximum absolute atomic E-state index is 13.5. The standard InChI is InChI=1S/C10H10FN3O2/c1-16-8-2-3-9(11)10(4-8)14-5-7(6-15)12-13-14/h2-5,15H,6H2,1H3. The van der Waals surface area contributed by atoms with E-state index in [0.29, 0.717) is 11.4 Å². The fraction of sp³-hybridized carbons (Fsp3) is 0.200. The number of benzene rings is 1. The zero-order chi connectivity index (χ0) is 11.5. The van der Waals surface area contributed by atoms with E-state index in [2.05, 4.69) is 10.3 Å². The Morgan fingerprint density at radius 2 is 2.31 bits per heavy atom. The SMILES string of the molecule is COc1ccc(F)c(-n2cc(CO)nn2)c1. The Labute approximate surface area is 91.1 Å². The van der Waals surface area contributed by atoms with Crippen LogP contribution in [0.5, 0.6) is 5.75 Å². The molecule has 6 heteroatoms. The molecule has 0 aliphatic rings. The fourth-order valence-electron chi connectivity index (χ4n) is 1.28. The quantitative estimate of drug-likeness (QED) is 0.840. The van der Waals surface area contributed by atoms with E-state index in [9.17, 15) is 4.39 Å². The molecule has 5 nitrogen and oxygen atoms in total. The van der Waals surface area contributed by atoms with E-state index in [4.69, 9.17) is 9.84 Å². The van der Waals surface area contributed by atoms with Gasteiger partial charge in [-0.2, -0.15) is 0 Å². The third-order valence-corrected chi connectivity index (χ3v) is 2.10. The summed E-state index contributed by atoms with van der Waals surface area (Å²) in [6, 6.07) is 4.31. The van der Waals surface area contributed by atoms with Crippen LogP contribution in [0, 0.1) is 5.82 Å². The lowest BCUT2D eigenvalue weighted by atomic mass is 10.3. The van der Waals surface area contributed by atoms with Gasteiger partial charge in [0.25, 0.3) is 0 Å². The minimum absolute atomic E-state index is 0.228. The first-order chi connectivity index (χ1) is 7.74. The van der Waals surface area contributed by atoms with Gasteiger partial charge in [-0.25, -0.2) is 9.07 Å². The first-order valence-corrected chi connectivity index (χ1v) is 4.60. The van der Waals surface area contributed by atoms with Crippen molar-refractivity contribution in [2.24, 2.45) is 0 Å². The highest BCUT2D eigenvalue weighted by Gasteiger charge is 2.08. The number of ether oxygens (including phenoxy) is 1. The van der Waals surface area contributed by atoms with E-state index in [1.165, 1.54) is 36.2 Å². The Morgan fingerprint density at radius 1 is 1.50 bits per heavy atom. The lowest BCUT2D eigenvalue weighted by Gasteiger charge is -2.04. The van der Waals surface area contributed by atoms with Crippen molar-refractivity contribution in [2.45, 2.75) is 6.61 Å². The van der Waals surface area contributed by atoms with Crippen LogP contribution >= 0.6 is 0 Å². The normalized spacial score (nSPS) is 10.4. The maximum atomic E-state index is 13.5. The number of aliphatic hydroxyl groups is 1.